The molecule has 0 atom stereocenters. The molecule has 0 aliphatic heterocycles. The lowest BCUT2D eigenvalue weighted by atomic mass is 10.0. The Kier molecular flexibility index (Phi) is 4.98. The third-order valence-electron chi connectivity index (χ3n) is 2.90. The Bertz CT molecular complexity index is 487. The van der Waals surface area contributed by atoms with E-state index in [0.29, 0.717) is 5.92 Å². The summed E-state index contributed by atoms with van der Waals surface area (Å²) in [5.41, 5.74) is 2.75. The molecule has 0 unspecified atom stereocenters. The molecule has 1 aromatic heterocycles. The number of hydrogen-bond donors (Lipinski definition) is 1. The third kappa shape index (κ3) is 3.94. The average molecular weight is 324 g/mol. The van der Waals surface area contributed by atoms with Crippen molar-refractivity contribution in [1.82, 2.24) is 5.32 Å². The van der Waals surface area contributed by atoms with E-state index in [4.69, 9.17) is 0 Å². The van der Waals surface area contributed by atoms with Crippen LogP contribution < -0.4 is 5.32 Å². The number of rotatable bonds is 5. The van der Waals surface area contributed by atoms with E-state index in [-0.39, 0.29) is 0 Å². The van der Waals surface area contributed by atoms with Crippen LogP contribution in [-0.4, -0.2) is 0 Å². The number of thiophene rings is 1. The predicted octanol–water partition coefficient (Wildman–Crippen LogP) is 4.92. The predicted molar refractivity (Wildman–Crippen MR) is 83.1 cm³/mol. The summed E-state index contributed by atoms with van der Waals surface area (Å²) < 4.78 is 1.17. The van der Waals surface area contributed by atoms with Crippen LogP contribution in [0.2, 0.25) is 0 Å². The van der Waals surface area contributed by atoms with Gasteiger partial charge in [-0.1, -0.05) is 38.1 Å². The standard InChI is InChI=1S/C15H18BrNS/c1-11(2)13-5-3-12(4-6-13)8-17-9-15-7-14(16)10-18-15/h3-7,10-11,17H,8-9H2,1-2H3. The van der Waals surface area contributed by atoms with Gasteiger partial charge in [-0.15, -0.1) is 11.3 Å². The summed E-state index contributed by atoms with van der Waals surface area (Å²) >= 11 is 5.25. The largest absolute Gasteiger partial charge is 0.308 e. The van der Waals surface area contributed by atoms with Crippen LogP contribution in [0.4, 0.5) is 0 Å². The van der Waals surface area contributed by atoms with Gasteiger partial charge in [-0.25, -0.2) is 0 Å². The molecule has 1 N–H and O–H groups in total. The van der Waals surface area contributed by atoms with Gasteiger partial charge >= 0.3 is 0 Å². The second-order valence-electron chi connectivity index (χ2n) is 4.73. The minimum atomic E-state index is 0.607. The minimum Gasteiger partial charge on any atom is -0.308 e. The fraction of sp³-hybridized carbons (Fsp3) is 0.333. The molecule has 3 heteroatoms. The zero-order valence-electron chi connectivity index (χ0n) is 10.7. The van der Waals surface area contributed by atoms with Gasteiger partial charge in [-0.05, 0) is 39.0 Å². The van der Waals surface area contributed by atoms with Crippen LogP contribution in [0.3, 0.4) is 0 Å². The molecule has 1 aromatic carbocycles. The van der Waals surface area contributed by atoms with Gasteiger partial charge in [0.15, 0.2) is 0 Å². The summed E-state index contributed by atoms with van der Waals surface area (Å²) in [6.07, 6.45) is 0. The Morgan fingerprint density at radius 2 is 1.89 bits per heavy atom. The second-order valence-corrected chi connectivity index (χ2v) is 6.64. The minimum absolute atomic E-state index is 0.607. The fourth-order valence-electron chi connectivity index (χ4n) is 1.80. The summed E-state index contributed by atoms with van der Waals surface area (Å²) in [7, 11) is 0. The molecule has 0 radical (unpaired) electrons. The van der Waals surface area contributed by atoms with E-state index >= 15 is 0 Å². The molecular formula is C15H18BrNS. The Morgan fingerprint density at radius 3 is 2.44 bits per heavy atom. The van der Waals surface area contributed by atoms with E-state index in [1.54, 1.807) is 11.3 Å². The quantitative estimate of drug-likeness (QED) is 0.823. The normalized spacial score (nSPS) is 11.1. The van der Waals surface area contributed by atoms with Crippen molar-refractivity contribution in [3.05, 3.63) is 56.2 Å². The van der Waals surface area contributed by atoms with Gasteiger partial charge in [0.1, 0.15) is 0 Å². The van der Waals surface area contributed by atoms with Gasteiger partial charge in [0, 0.05) is 27.8 Å². The van der Waals surface area contributed by atoms with Crippen LogP contribution in [0.1, 0.15) is 35.8 Å². The highest BCUT2D eigenvalue weighted by Gasteiger charge is 2.00. The first-order chi connectivity index (χ1) is 8.65. The van der Waals surface area contributed by atoms with E-state index in [9.17, 15) is 0 Å². The maximum Gasteiger partial charge on any atom is 0.0303 e. The molecule has 0 aliphatic carbocycles. The summed E-state index contributed by atoms with van der Waals surface area (Å²) in [5.74, 6) is 0.607. The zero-order valence-corrected chi connectivity index (χ0v) is 13.1. The molecule has 1 heterocycles. The second kappa shape index (κ2) is 6.50. The number of nitrogens with one attached hydrogen (secondary N) is 1. The molecule has 0 fully saturated rings. The highest BCUT2D eigenvalue weighted by atomic mass is 79.9. The summed E-state index contributed by atoms with van der Waals surface area (Å²) in [5, 5.41) is 5.59. The van der Waals surface area contributed by atoms with Crippen molar-refractivity contribution in [3.8, 4) is 0 Å². The van der Waals surface area contributed by atoms with Crippen LogP contribution in [-0.2, 0) is 13.1 Å². The lowest BCUT2D eigenvalue weighted by Crippen LogP contribution is -2.11. The molecular weight excluding hydrogens is 306 g/mol. The first kappa shape index (κ1) is 13.8. The molecule has 1 nitrogen and oxygen atoms in total. The van der Waals surface area contributed by atoms with Crippen LogP contribution >= 0.6 is 27.3 Å². The van der Waals surface area contributed by atoms with E-state index < -0.39 is 0 Å². The van der Waals surface area contributed by atoms with Crippen LogP contribution in [0, 0.1) is 0 Å². The summed E-state index contributed by atoms with van der Waals surface area (Å²) in [4.78, 5) is 1.36. The van der Waals surface area contributed by atoms with Gasteiger partial charge in [0.2, 0.25) is 0 Å². The Labute approximate surface area is 121 Å². The van der Waals surface area contributed by atoms with Crippen LogP contribution in [0.5, 0.6) is 0 Å². The van der Waals surface area contributed by atoms with Crippen LogP contribution in [0.15, 0.2) is 40.2 Å². The Balaban J connectivity index is 1.83. The summed E-state index contributed by atoms with van der Waals surface area (Å²) in [6.45, 7) is 6.31. The number of halogens is 1. The van der Waals surface area contributed by atoms with E-state index in [0.717, 1.165) is 13.1 Å². The molecule has 2 aromatic rings. The van der Waals surface area contributed by atoms with Crippen molar-refractivity contribution in [1.29, 1.82) is 0 Å². The molecule has 96 valence electrons. The van der Waals surface area contributed by atoms with E-state index in [1.807, 2.05) is 0 Å². The highest BCUT2D eigenvalue weighted by Crippen LogP contribution is 2.19. The third-order valence-corrected chi connectivity index (χ3v) is 4.59. The molecule has 0 amide bonds. The van der Waals surface area contributed by atoms with Crippen molar-refractivity contribution >= 4 is 27.3 Å². The van der Waals surface area contributed by atoms with Crippen LogP contribution in [0.25, 0.3) is 0 Å². The maximum absolute atomic E-state index is 3.47. The van der Waals surface area contributed by atoms with Crippen molar-refractivity contribution < 1.29 is 0 Å². The Morgan fingerprint density at radius 1 is 1.17 bits per heavy atom. The average Bonchev–Trinajstić information content (AvgIpc) is 2.76. The monoisotopic (exact) mass is 323 g/mol. The van der Waals surface area contributed by atoms with Gasteiger partial charge in [0.25, 0.3) is 0 Å². The molecule has 0 saturated carbocycles. The topological polar surface area (TPSA) is 12.0 Å². The van der Waals surface area contributed by atoms with E-state index in [2.05, 4.69) is 70.8 Å². The molecule has 0 saturated heterocycles. The van der Waals surface area contributed by atoms with Gasteiger partial charge in [-0.2, -0.15) is 0 Å². The molecule has 18 heavy (non-hydrogen) atoms. The summed E-state index contributed by atoms with van der Waals surface area (Å²) in [6, 6.07) is 11.0. The zero-order chi connectivity index (χ0) is 13.0. The smallest absolute Gasteiger partial charge is 0.0303 e. The fourth-order valence-corrected chi connectivity index (χ4v) is 3.22. The van der Waals surface area contributed by atoms with Gasteiger partial charge < -0.3 is 5.32 Å². The van der Waals surface area contributed by atoms with Crippen molar-refractivity contribution in [3.63, 3.8) is 0 Å². The van der Waals surface area contributed by atoms with E-state index in [1.165, 1.54) is 20.5 Å². The Hall–Kier alpha value is -0.640. The first-order valence-electron chi connectivity index (χ1n) is 6.17. The van der Waals surface area contributed by atoms with Crippen molar-refractivity contribution in [2.75, 3.05) is 0 Å². The number of hydrogen-bond acceptors (Lipinski definition) is 2. The van der Waals surface area contributed by atoms with Gasteiger partial charge in [0.05, 0.1) is 0 Å². The first-order valence-corrected chi connectivity index (χ1v) is 7.85. The highest BCUT2D eigenvalue weighted by molar-refractivity contribution is 9.10. The lowest BCUT2D eigenvalue weighted by molar-refractivity contribution is 0.700. The van der Waals surface area contributed by atoms with Crippen molar-refractivity contribution in [2.45, 2.75) is 32.9 Å². The number of benzene rings is 1. The molecule has 2 rings (SSSR count). The SMILES string of the molecule is CC(C)c1ccc(CNCc2cc(Br)cs2)cc1. The molecule has 0 spiro atoms. The lowest BCUT2D eigenvalue weighted by Gasteiger charge is -2.07. The molecule has 0 aliphatic rings. The maximum atomic E-state index is 3.47. The van der Waals surface area contributed by atoms with Gasteiger partial charge in [-0.3, -0.25) is 0 Å². The molecule has 0 bridgehead atoms. The van der Waals surface area contributed by atoms with Crippen molar-refractivity contribution in [2.24, 2.45) is 0 Å².